The summed E-state index contributed by atoms with van der Waals surface area (Å²) in [5.41, 5.74) is 0.934. The van der Waals surface area contributed by atoms with Crippen molar-refractivity contribution in [1.29, 1.82) is 0 Å². The van der Waals surface area contributed by atoms with E-state index in [0.29, 0.717) is 29.7 Å². The van der Waals surface area contributed by atoms with Gasteiger partial charge in [-0.2, -0.15) is 5.10 Å². The summed E-state index contributed by atoms with van der Waals surface area (Å²) in [5.74, 6) is -5.44. The first-order chi connectivity index (χ1) is 15.9. The largest absolute Gasteiger partial charge is 0.444 e. The fourth-order valence-corrected chi connectivity index (χ4v) is 4.72. The monoisotopic (exact) mass is 476 g/mol. The molecule has 1 aromatic carbocycles. The first-order valence-electron chi connectivity index (χ1n) is 11.6. The van der Waals surface area contributed by atoms with Gasteiger partial charge in [-0.05, 0) is 52.2 Å². The lowest BCUT2D eigenvalue weighted by Gasteiger charge is -2.39. The molecule has 1 aromatic heterocycles. The Kier molecular flexibility index (Phi) is 6.12. The van der Waals surface area contributed by atoms with Crippen LogP contribution in [0, 0.1) is 0 Å². The number of likely N-dealkylation sites (tertiary alicyclic amines) is 1. The maximum Gasteiger partial charge on any atom is 0.410 e. The van der Waals surface area contributed by atoms with E-state index in [1.165, 1.54) is 0 Å². The standard InChI is InChI=1S/C24H30F2N4O4/c1-5-30-18-12-14(6-7-15(18)20(28-30)16-8-9-19(31)27-21(16)32)17-10-11-29(13-24(17,25)26)22(33)34-23(2,3)4/h6-7,12,16-17H,5,8-11,13H2,1-4H3,(H,27,31,32). The highest BCUT2D eigenvalue weighted by molar-refractivity contribution is 6.02. The van der Waals surface area contributed by atoms with Crippen LogP contribution in [0.4, 0.5) is 13.6 Å². The van der Waals surface area contributed by atoms with Crippen LogP contribution in [-0.2, 0) is 20.9 Å². The van der Waals surface area contributed by atoms with Gasteiger partial charge >= 0.3 is 6.09 Å². The van der Waals surface area contributed by atoms with Crippen molar-refractivity contribution in [3.05, 3.63) is 29.5 Å². The molecule has 0 saturated carbocycles. The van der Waals surface area contributed by atoms with E-state index in [1.54, 1.807) is 43.7 Å². The molecule has 3 amide bonds. The maximum absolute atomic E-state index is 15.2. The number of hydrogen-bond acceptors (Lipinski definition) is 5. The third-order valence-corrected chi connectivity index (χ3v) is 6.33. The molecule has 184 valence electrons. The van der Waals surface area contributed by atoms with Gasteiger partial charge in [-0.3, -0.25) is 19.6 Å². The van der Waals surface area contributed by atoms with Gasteiger partial charge in [-0.15, -0.1) is 0 Å². The van der Waals surface area contributed by atoms with Crippen LogP contribution in [0.25, 0.3) is 10.9 Å². The Labute approximate surface area is 196 Å². The minimum Gasteiger partial charge on any atom is -0.444 e. The lowest BCUT2D eigenvalue weighted by atomic mass is 9.85. The van der Waals surface area contributed by atoms with E-state index >= 15 is 8.78 Å². The number of imide groups is 1. The van der Waals surface area contributed by atoms with Crippen molar-refractivity contribution in [2.45, 2.75) is 76.9 Å². The Morgan fingerprint density at radius 1 is 1.26 bits per heavy atom. The van der Waals surface area contributed by atoms with E-state index in [1.807, 2.05) is 6.92 Å². The van der Waals surface area contributed by atoms with E-state index in [4.69, 9.17) is 4.74 Å². The molecule has 10 heteroatoms. The number of hydrogen-bond donors (Lipinski definition) is 1. The Hall–Kier alpha value is -3.04. The molecule has 2 fully saturated rings. The van der Waals surface area contributed by atoms with E-state index in [2.05, 4.69) is 10.4 Å². The fraction of sp³-hybridized carbons (Fsp3) is 0.583. The highest BCUT2D eigenvalue weighted by Gasteiger charge is 2.47. The number of amides is 3. The number of aromatic nitrogens is 2. The molecule has 0 spiro atoms. The van der Waals surface area contributed by atoms with Crippen molar-refractivity contribution in [1.82, 2.24) is 20.0 Å². The molecule has 2 unspecified atom stereocenters. The summed E-state index contributed by atoms with van der Waals surface area (Å²) in [6.45, 7) is 6.95. The number of halogens is 2. The summed E-state index contributed by atoms with van der Waals surface area (Å²) in [4.78, 5) is 37.3. The molecule has 0 aliphatic carbocycles. The molecular weight excluding hydrogens is 446 g/mol. The summed E-state index contributed by atoms with van der Waals surface area (Å²) < 4.78 is 37.4. The van der Waals surface area contributed by atoms with Gasteiger partial charge in [0.25, 0.3) is 5.92 Å². The second-order valence-corrected chi connectivity index (χ2v) is 9.99. The summed E-state index contributed by atoms with van der Waals surface area (Å²) in [5, 5.41) is 7.66. The summed E-state index contributed by atoms with van der Waals surface area (Å²) >= 11 is 0. The number of piperidine rings is 2. The number of aryl methyl sites for hydroxylation is 1. The first-order valence-corrected chi connectivity index (χ1v) is 11.6. The number of benzene rings is 1. The van der Waals surface area contributed by atoms with E-state index in [-0.39, 0.29) is 31.2 Å². The van der Waals surface area contributed by atoms with Gasteiger partial charge in [0, 0.05) is 24.9 Å². The zero-order valence-corrected chi connectivity index (χ0v) is 19.9. The molecule has 3 heterocycles. The van der Waals surface area contributed by atoms with Crippen molar-refractivity contribution >= 4 is 28.8 Å². The normalized spacial score (nSPS) is 23.2. The summed E-state index contributed by atoms with van der Waals surface area (Å²) in [7, 11) is 0. The Morgan fingerprint density at radius 3 is 2.62 bits per heavy atom. The van der Waals surface area contributed by atoms with Gasteiger partial charge in [0.15, 0.2) is 0 Å². The zero-order valence-electron chi connectivity index (χ0n) is 19.9. The molecule has 8 nitrogen and oxygen atoms in total. The second-order valence-electron chi connectivity index (χ2n) is 9.99. The quantitative estimate of drug-likeness (QED) is 0.678. The van der Waals surface area contributed by atoms with Crippen LogP contribution in [0.2, 0.25) is 0 Å². The van der Waals surface area contributed by atoms with Gasteiger partial charge < -0.3 is 9.64 Å². The predicted octanol–water partition coefficient (Wildman–Crippen LogP) is 3.94. The third kappa shape index (κ3) is 4.63. The smallest absolute Gasteiger partial charge is 0.410 e. The minimum atomic E-state index is -3.13. The number of fused-ring (bicyclic) bond motifs is 1. The summed E-state index contributed by atoms with van der Waals surface area (Å²) in [6, 6.07) is 5.10. The predicted molar refractivity (Wildman–Crippen MR) is 121 cm³/mol. The van der Waals surface area contributed by atoms with Crippen molar-refractivity contribution in [3.63, 3.8) is 0 Å². The zero-order chi connectivity index (χ0) is 24.8. The van der Waals surface area contributed by atoms with Crippen LogP contribution in [0.5, 0.6) is 0 Å². The number of ether oxygens (including phenoxy) is 1. The van der Waals surface area contributed by atoms with E-state index < -0.39 is 36.0 Å². The van der Waals surface area contributed by atoms with Crippen LogP contribution in [-0.4, -0.2) is 57.2 Å². The average molecular weight is 477 g/mol. The van der Waals surface area contributed by atoms with Gasteiger partial charge in [-0.25, -0.2) is 13.6 Å². The molecule has 2 atom stereocenters. The van der Waals surface area contributed by atoms with Crippen LogP contribution in [0.1, 0.15) is 70.1 Å². The lowest BCUT2D eigenvalue weighted by Crippen LogP contribution is -2.50. The van der Waals surface area contributed by atoms with Crippen LogP contribution >= 0.6 is 0 Å². The number of rotatable bonds is 3. The molecule has 0 radical (unpaired) electrons. The Morgan fingerprint density at radius 2 is 2.00 bits per heavy atom. The van der Waals surface area contributed by atoms with Crippen molar-refractivity contribution in [3.8, 4) is 0 Å². The number of carbonyl (C=O) groups excluding carboxylic acids is 3. The molecule has 2 aliphatic heterocycles. The molecule has 4 rings (SSSR count). The third-order valence-electron chi connectivity index (χ3n) is 6.33. The molecule has 2 saturated heterocycles. The van der Waals surface area contributed by atoms with Gasteiger partial charge in [0.2, 0.25) is 11.8 Å². The van der Waals surface area contributed by atoms with Gasteiger partial charge in [0.05, 0.1) is 29.6 Å². The van der Waals surface area contributed by atoms with Crippen molar-refractivity contribution < 1.29 is 27.9 Å². The number of nitrogens with zero attached hydrogens (tertiary/aromatic N) is 3. The Balaban J connectivity index is 1.61. The van der Waals surface area contributed by atoms with Crippen molar-refractivity contribution in [2.24, 2.45) is 0 Å². The Bertz CT molecular complexity index is 1140. The fourth-order valence-electron chi connectivity index (χ4n) is 4.72. The summed E-state index contributed by atoms with van der Waals surface area (Å²) in [6.07, 6.45) is -0.0437. The second kappa shape index (κ2) is 8.63. The highest BCUT2D eigenvalue weighted by Crippen LogP contribution is 2.42. The van der Waals surface area contributed by atoms with Gasteiger partial charge in [-0.1, -0.05) is 12.1 Å². The van der Waals surface area contributed by atoms with Gasteiger partial charge in [0.1, 0.15) is 5.60 Å². The molecule has 1 N–H and O–H groups in total. The highest BCUT2D eigenvalue weighted by atomic mass is 19.3. The number of nitrogens with one attached hydrogen (secondary N) is 1. The van der Waals surface area contributed by atoms with Crippen LogP contribution in [0.15, 0.2) is 18.2 Å². The van der Waals surface area contributed by atoms with Crippen LogP contribution < -0.4 is 5.32 Å². The first kappa shape index (κ1) is 24.1. The van der Waals surface area contributed by atoms with Crippen LogP contribution in [0.3, 0.4) is 0 Å². The van der Waals surface area contributed by atoms with E-state index in [0.717, 1.165) is 10.3 Å². The molecule has 0 bridgehead atoms. The topological polar surface area (TPSA) is 93.5 Å². The maximum atomic E-state index is 15.2. The molecule has 2 aromatic rings. The van der Waals surface area contributed by atoms with E-state index in [9.17, 15) is 14.4 Å². The lowest BCUT2D eigenvalue weighted by molar-refractivity contribution is -0.134. The SMILES string of the molecule is CCn1nc(C2CCC(=O)NC2=O)c2ccc(C3CCN(C(=O)OC(C)(C)C)CC3(F)F)cc21. The number of alkyl halides is 2. The molecule has 34 heavy (non-hydrogen) atoms. The number of carbonyl (C=O) groups is 3. The van der Waals surface area contributed by atoms with Crippen molar-refractivity contribution in [2.75, 3.05) is 13.1 Å². The molecular formula is C24H30F2N4O4. The minimum absolute atomic E-state index is 0.0952. The molecule has 2 aliphatic rings. The average Bonchev–Trinajstić information content (AvgIpc) is 3.09.